The topological polar surface area (TPSA) is 84.5 Å². The van der Waals surface area contributed by atoms with Gasteiger partial charge < -0.3 is 10.1 Å². The summed E-state index contributed by atoms with van der Waals surface area (Å²) in [4.78, 5) is 11.5. The summed E-state index contributed by atoms with van der Waals surface area (Å²) in [5.41, 5.74) is 0. The molecule has 0 spiro atoms. The van der Waals surface area contributed by atoms with Crippen molar-refractivity contribution in [2.75, 3.05) is 13.2 Å². The zero-order valence-electron chi connectivity index (χ0n) is 12.5. The number of carbonyl (C=O) groups excluding carboxylic acids is 1. The number of ether oxygens (including phenoxy) is 1. The van der Waals surface area contributed by atoms with Crippen molar-refractivity contribution in [2.24, 2.45) is 5.92 Å². The van der Waals surface area contributed by atoms with Gasteiger partial charge in [-0.3, -0.25) is 0 Å². The Morgan fingerprint density at radius 1 is 1.43 bits per heavy atom. The van der Waals surface area contributed by atoms with Gasteiger partial charge in [-0.2, -0.15) is 0 Å². The first-order chi connectivity index (χ1) is 9.85. The number of carbonyl (C=O) groups is 1. The number of thiophene rings is 1. The van der Waals surface area contributed by atoms with Crippen molar-refractivity contribution in [3.8, 4) is 0 Å². The van der Waals surface area contributed by atoms with Crippen LogP contribution in [-0.4, -0.2) is 33.7 Å². The third-order valence-electron chi connectivity index (χ3n) is 2.63. The lowest BCUT2D eigenvalue weighted by Crippen LogP contribution is -2.44. The molecule has 1 amide bonds. The molecule has 2 N–H and O–H groups in total. The van der Waals surface area contributed by atoms with Gasteiger partial charge in [0, 0.05) is 12.6 Å². The number of hydrogen-bond donors (Lipinski definition) is 2. The summed E-state index contributed by atoms with van der Waals surface area (Å²) < 4.78 is 31.7. The number of sulfonamides is 1. The molecule has 1 rings (SSSR count). The summed E-state index contributed by atoms with van der Waals surface area (Å²) in [6, 6.07) is 2.92. The van der Waals surface area contributed by atoms with Crippen LogP contribution < -0.4 is 10.0 Å². The molecule has 0 aliphatic rings. The molecule has 1 unspecified atom stereocenters. The second kappa shape index (κ2) is 8.35. The largest absolute Gasteiger partial charge is 0.450 e. The van der Waals surface area contributed by atoms with Crippen LogP contribution in [0, 0.1) is 5.92 Å². The molecule has 0 fully saturated rings. The van der Waals surface area contributed by atoms with Crippen LogP contribution in [0.1, 0.15) is 27.2 Å². The molecule has 6 nitrogen and oxygen atoms in total. The van der Waals surface area contributed by atoms with Gasteiger partial charge in [-0.05, 0) is 30.7 Å². The fourth-order valence-corrected chi connectivity index (χ4v) is 3.92. The van der Waals surface area contributed by atoms with Crippen LogP contribution in [0.15, 0.2) is 21.7 Å². The summed E-state index contributed by atoms with van der Waals surface area (Å²) in [5.74, 6) is 0.322. The Labute approximate surface area is 129 Å². The predicted molar refractivity (Wildman–Crippen MR) is 82.9 cm³/mol. The summed E-state index contributed by atoms with van der Waals surface area (Å²) in [5, 5.41) is 4.39. The molecule has 21 heavy (non-hydrogen) atoms. The molecule has 0 aromatic carbocycles. The van der Waals surface area contributed by atoms with Gasteiger partial charge in [-0.15, -0.1) is 11.3 Å². The normalized spacial score (nSPS) is 13.1. The van der Waals surface area contributed by atoms with E-state index in [1.807, 2.05) is 13.8 Å². The number of nitrogens with one attached hydrogen (secondary N) is 2. The Balaban J connectivity index is 2.62. The highest BCUT2D eigenvalue weighted by Gasteiger charge is 2.20. The average Bonchev–Trinajstić information content (AvgIpc) is 2.90. The van der Waals surface area contributed by atoms with Crippen LogP contribution >= 0.6 is 11.3 Å². The van der Waals surface area contributed by atoms with Crippen molar-refractivity contribution in [2.45, 2.75) is 37.4 Å². The van der Waals surface area contributed by atoms with Gasteiger partial charge in [0.15, 0.2) is 0 Å². The maximum absolute atomic E-state index is 12.1. The standard InChI is InChI=1S/C13H22N2O4S2/c1-4-19-13(16)15-11(8-10(2)3)9-14-21(17,18)12-6-5-7-20-12/h5-7,10-11,14H,4,8-9H2,1-3H3,(H,15,16). The summed E-state index contributed by atoms with van der Waals surface area (Å²) in [7, 11) is -3.52. The van der Waals surface area contributed by atoms with Crippen LogP contribution in [0.25, 0.3) is 0 Å². The van der Waals surface area contributed by atoms with E-state index in [1.165, 1.54) is 0 Å². The van der Waals surface area contributed by atoms with Gasteiger partial charge in [0.1, 0.15) is 4.21 Å². The van der Waals surface area contributed by atoms with E-state index in [4.69, 9.17) is 4.74 Å². The maximum atomic E-state index is 12.1. The molecule has 0 saturated carbocycles. The van der Waals surface area contributed by atoms with Crippen LogP contribution in [0.5, 0.6) is 0 Å². The molecule has 1 aromatic rings. The van der Waals surface area contributed by atoms with E-state index in [2.05, 4.69) is 10.0 Å². The van der Waals surface area contributed by atoms with Crippen LogP contribution in [-0.2, 0) is 14.8 Å². The van der Waals surface area contributed by atoms with Crippen molar-refractivity contribution in [1.29, 1.82) is 0 Å². The number of amides is 1. The monoisotopic (exact) mass is 334 g/mol. The van der Waals surface area contributed by atoms with Gasteiger partial charge in [-0.1, -0.05) is 19.9 Å². The fraction of sp³-hybridized carbons (Fsp3) is 0.615. The molecule has 8 heteroatoms. The van der Waals surface area contributed by atoms with Crippen LogP contribution in [0.3, 0.4) is 0 Å². The lowest BCUT2D eigenvalue weighted by Gasteiger charge is -2.20. The first kappa shape index (κ1) is 17.9. The van der Waals surface area contributed by atoms with E-state index in [0.29, 0.717) is 12.3 Å². The second-order valence-electron chi connectivity index (χ2n) is 4.98. The molecule has 1 aromatic heterocycles. The lowest BCUT2D eigenvalue weighted by molar-refractivity contribution is 0.146. The van der Waals surface area contributed by atoms with E-state index in [9.17, 15) is 13.2 Å². The molecule has 1 heterocycles. The van der Waals surface area contributed by atoms with Gasteiger partial charge in [0.2, 0.25) is 10.0 Å². The molecule has 1 atom stereocenters. The lowest BCUT2D eigenvalue weighted by atomic mass is 10.0. The van der Waals surface area contributed by atoms with Crippen LogP contribution in [0.2, 0.25) is 0 Å². The van der Waals surface area contributed by atoms with E-state index >= 15 is 0 Å². The zero-order chi connectivity index (χ0) is 15.9. The van der Waals surface area contributed by atoms with Gasteiger partial charge in [0.05, 0.1) is 6.61 Å². The number of rotatable bonds is 8. The summed E-state index contributed by atoms with van der Waals surface area (Å²) >= 11 is 1.15. The highest BCUT2D eigenvalue weighted by Crippen LogP contribution is 2.15. The second-order valence-corrected chi connectivity index (χ2v) is 7.92. The Kier molecular flexibility index (Phi) is 7.13. The minimum atomic E-state index is -3.52. The van der Waals surface area contributed by atoms with E-state index in [1.54, 1.807) is 24.4 Å². The first-order valence-corrected chi connectivity index (χ1v) is 9.18. The summed E-state index contributed by atoms with van der Waals surface area (Å²) in [6.07, 6.45) is 0.129. The zero-order valence-corrected chi connectivity index (χ0v) is 14.1. The van der Waals surface area contributed by atoms with Gasteiger partial charge >= 0.3 is 6.09 Å². The molecule has 0 aliphatic heterocycles. The third-order valence-corrected chi connectivity index (χ3v) is 5.45. The third kappa shape index (κ3) is 6.45. The van der Waals surface area contributed by atoms with Crippen molar-refractivity contribution in [1.82, 2.24) is 10.0 Å². The maximum Gasteiger partial charge on any atom is 0.407 e. The molecule has 0 aliphatic carbocycles. The molecular formula is C13H22N2O4S2. The molecule has 0 bridgehead atoms. The SMILES string of the molecule is CCOC(=O)NC(CNS(=O)(=O)c1cccs1)CC(C)C. The molecule has 0 saturated heterocycles. The highest BCUT2D eigenvalue weighted by molar-refractivity contribution is 7.91. The van der Waals surface area contributed by atoms with E-state index in [-0.39, 0.29) is 23.4 Å². The van der Waals surface area contributed by atoms with Crippen molar-refractivity contribution < 1.29 is 17.9 Å². The van der Waals surface area contributed by atoms with E-state index < -0.39 is 16.1 Å². The first-order valence-electron chi connectivity index (χ1n) is 6.81. The van der Waals surface area contributed by atoms with E-state index in [0.717, 1.165) is 11.3 Å². The molecule has 0 radical (unpaired) electrons. The molecular weight excluding hydrogens is 312 g/mol. The predicted octanol–water partition coefficient (Wildman–Crippen LogP) is 2.19. The fourth-order valence-electron chi connectivity index (χ4n) is 1.80. The summed E-state index contributed by atoms with van der Waals surface area (Å²) in [6.45, 7) is 6.15. The van der Waals surface area contributed by atoms with Crippen molar-refractivity contribution in [3.63, 3.8) is 0 Å². The quantitative estimate of drug-likeness (QED) is 0.763. The Hall–Kier alpha value is -1.12. The van der Waals surface area contributed by atoms with Gasteiger partial charge in [-0.25, -0.2) is 17.9 Å². The van der Waals surface area contributed by atoms with Gasteiger partial charge in [0.25, 0.3) is 0 Å². The number of alkyl carbamates (subject to hydrolysis) is 1. The Morgan fingerprint density at radius 2 is 2.14 bits per heavy atom. The Bertz CT molecular complexity index is 526. The highest BCUT2D eigenvalue weighted by atomic mass is 32.2. The van der Waals surface area contributed by atoms with Crippen LogP contribution in [0.4, 0.5) is 4.79 Å². The minimum absolute atomic E-state index is 0.136. The van der Waals surface area contributed by atoms with Crippen molar-refractivity contribution in [3.05, 3.63) is 17.5 Å². The minimum Gasteiger partial charge on any atom is -0.450 e. The number of hydrogen-bond acceptors (Lipinski definition) is 5. The smallest absolute Gasteiger partial charge is 0.407 e. The average molecular weight is 334 g/mol. The Morgan fingerprint density at radius 3 is 2.67 bits per heavy atom. The molecule has 120 valence electrons. The van der Waals surface area contributed by atoms with Crippen molar-refractivity contribution >= 4 is 27.5 Å².